The number of nitrogens with zero attached hydrogens (tertiary/aromatic N) is 2. The second-order valence-electron chi connectivity index (χ2n) is 3.75. The zero-order chi connectivity index (χ0) is 11.6. The molecule has 5 heteroatoms. The first-order valence-electron chi connectivity index (χ1n) is 4.76. The molecule has 1 aromatic rings. The highest BCUT2D eigenvalue weighted by molar-refractivity contribution is 9.10. The van der Waals surface area contributed by atoms with Gasteiger partial charge < -0.3 is 0 Å². The molecule has 0 saturated heterocycles. The lowest BCUT2D eigenvalue weighted by atomic mass is 10.2. The molecule has 1 atom stereocenters. The Hall–Kier alpha value is -0.160. The molecule has 0 fully saturated rings. The number of hydrogen-bond donors (Lipinski definition) is 0. The molecule has 0 aliphatic carbocycles. The minimum atomic E-state index is -0.166. The summed E-state index contributed by atoms with van der Waals surface area (Å²) in [6.45, 7) is 6.55. The van der Waals surface area contributed by atoms with Gasteiger partial charge in [0.05, 0.1) is 10.2 Å². The van der Waals surface area contributed by atoms with Crippen molar-refractivity contribution in [2.75, 3.05) is 5.33 Å². The number of rotatable bonds is 3. The van der Waals surface area contributed by atoms with E-state index in [-0.39, 0.29) is 5.69 Å². The minimum absolute atomic E-state index is 0.166. The predicted molar refractivity (Wildman–Crippen MR) is 68.6 cm³/mol. The molecule has 0 aliphatic heterocycles. The summed E-state index contributed by atoms with van der Waals surface area (Å²) in [6, 6.07) is 0. The lowest BCUT2D eigenvalue weighted by molar-refractivity contribution is 0.500. The van der Waals surface area contributed by atoms with Crippen molar-refractivity contribution < 1.29 is 0 Å². The number of alkyl halides is 1. The quantitative estimate of drug-likeness (QED) is 0.795. The third kappa shape index (κ3) is 2.91. The molecule has 1 aromatic heterocycles. The maximum absolute atomic E-state index is 11.7. The summed E-state index contributed by atoms with van der Waals surface area (Å²) >= 11 is 6.85. The molecule has 84 valence electrons. The molecule has 1 heterocycles. The van der Waals surface area contributed by atoms with E-state index in [0.29, 0.717) is 12.5 Å². The van der Waals surface area contributed by atoms with Gasteiger partial charge in [0.1, 0.15) is 0 Å². The van der Waals surface area contributed by atoms with Crippen molar-refractivity contribution in [1.29, 1.82) is 0 Å². The van der Waals surface area contributed by atoms with Gasteiger partial charge in [-0.3, -0.25) is 4.57 Å². The lowest BCUT2D eigenvalue weighted by Gasteiger charge is -2.14. The third-order valence-corrected chi connectivity index (χ3v) is 4.55. The largest absolute Gasteiger partial charge is 0.348 e. The van der Waals surface area contributed by atoms with Crippen LogP contribution in [0.1, 0.15) is 18.3 Å². The van der Waals surface area contributed by atoms with Gasteiger partial charge in [0.25, 0.3) is 0 Å². The van der Waals surface area contributed by atoms with Crippen LogP contribution in [0.5, 0.6) is 0 Å². The van der Waals surface area contributed by atoms with Gasteiger partial charge in [0.15, 0.2) is 0 Å². The molecule has 1 rings (SSSR count). The Morgan fingerprint density at radius 3 is 2.60 bits per heavy atom. The fourth-order valence-corrected chi connectivity index (χ4v) is 1.86. The van der Waals surface area contributed by atoms with Gasteiger partial charge in [-0.2, -0.15) is 4.98 Å². The second-order valence-corrected chi connectivity index (χ2v) is 5.19. The summed E-state index contributed by atoms with van der Waals surface area (Å²) in [5, 5.41) is 0.879. The van der Waals surface area contributed by atoms with Crippen molar-refractivity contribution in [3.05, 3.63) is 26.3 Å². The zero-order valence-electron chi connectivity index (χ0n) is 9.05. The fourth-order valence-electron chi connectivity index (χ4n) is 1.35. The monoisotopic (exact) mass is 336 g/mol. The van der Waals surface area contributed by atoms with E-state index in [0.717, 1.165) is 21.2 Å². The Kier molecular flexibility index (Phi) is 4.52. The normalized spacial score (nSPS) is 12.9. The first-order valence-corrected chi connectivity index (χ1v) is 6.68. The third-order valence-electron chi connectivity index (χ3n) is 2.29. The lowest BCUT2D eigenvalue weighted by Crippen LogP contribution is -2.29. The Morgan fingerprint density at radius 2 is 2.07 bits per heavy atom. The van der Waals surface area contributed by atoms with Crippen LogP contribution in [0.4, 0.5) is 0 Å². The van der Waals surface area contributed by atoms with Crippen molar-refractivity contribution in [3.8, 4) is 0 Å². The predicted octanol–water partition coefficient (Wildman–Crippen LogP) is 2.65. The number of halogens is 2. The highest BCUT2D eigenvalue weighted by Crippen LogP contribution is 2.17. The molecule has 0 radical (unpaired) electrons. The number of aryl methyl sites for hydroxylation is 1. The van der Waals surface area contributed by atoms with Crippen LogP contribution in [0, 0.1) is 19.8 Å². The highest BCUT2D eigenvalue weighted by atomic mass is 79.9. The minimum Gasteiger partial charge on any atom is -0.295 e. The van der Waals surface area contributed by atoms with Crippen LogP contribution in [0.3, 0.4) is 0 Å². The first-order chi connectivity index (χ1) is 6.97. The van der Waals surface area contributed by atoms with E-state index in [2.05, 4.69) is 43.8 Å². The average Bonchev–Trinajstić information content (AvgIpc) is 2.21. The molecule has 15 heavy (non-hydrogen) atoms. The maximum Gasteiger partial charge on any atom is 0.348 e. The van der Waals surface area contributed by atoms with Crippen LogP contribution in [0.15, 0.2) is 9.27 Å². The summed E-state index contributed by atoms with van der Waals surface area (Å²) in [5.74, 6) is 0.415. The van der Waals surface area contributed by atoms with Gasteiger partial charge in [0.2, 0.25) is 0 Å². The van der Waals surface area contributed by atoms with Gasteiger partial charge >= 0.3 is 5.69 Å². The van der Waals surface area contributed by atoms with Crippen LogP contribution in [-0.2, 0) is 6.54 Å². The average molecular weight is 338 g/mol. The standard InChI is InChI=1S/C10H14Br2N2O/c1-6(4-11)5-14-8(3)9(12)7(2)13-10(14)15/h6H,4-5H2,1-3H3. The number of aromatic nitrogens is 2. The van der Waals surface area contributed by atoms with Crippen LogP contribution in [0.2, 0.25) is 0 Å². The molecule has 0 aliphatic rings. The number of hydrogen-bond acceptors (Lipinski definition) is 2. The maximum atomic E-state index is 11.7. The molecular weight excluding hydrogens is 324 g/mol. The van der Waals surface area contributed by atoms with Crippen LogP contribution >= 0.6 is 31.9 Å². The Labute approximate surface area is 106 Å². The van der Waals surface area contributed by atoms with Crippen LogP contribution in [0.25, 0.3) is 0 Å². The SMILES string of the molecule is Cc1nc(=O)n(CC(C)CBr)c(C)c1Br. The smallest absolute Gasteiger partial charge is 0.295 e. The van der Waals surface area contributed by atoms with Crippen molar-refractivity contribution in [2.45, 2.75) is 27.3 Å². The van der Waals surface area contributed by atoms with E-state index in [4.69, 9.17) is 0 Å². The van der Waals surface area contributed by atoms with Gasteiger partial charge in [-0.25, -0.2) is 4.79 Å². The molecule has 3 nitrogen and oxygen atoms in total. The van der Waals surface area contributed by atoms with Crippen LogP contribution in [-0.4, -0.2) is 14.9 Å². The highest BCUT2D eigenvalue weighted by Gasteiger charge is 2.11. The first kappa shape index (κ1) is 12.9. The van der Waals surface area contributed by atoms with Crippen molar-refractivity contribution >= 4 is 31.9 Å². The van der Waals surface area contributed by atoms with Gasteiger partial charge in [-0.15, -0.1) is 0 Å². The Morgan fingerprint density at radius 1 is 1.47 bits per heavy atom. The van der Waals surface area contributed by atoms with E-state index in [9.17, 15) is 4.79 Å². The molecule has 0 amide bonds. The topological polar surface area (TPSA) is 34.9 Å². The van der Waals surface area contributed by atoms with Gasteiger partial charge in [-0.1, -0.05) is 22.9 Å². The molecule has 0 aromatic carbocycles. The van der Waals surface area contributed by atoms with Crippen molar-refractivity contribution in [3.63, 3.8) is 0 Å². The summed E-state index contributed by atoms with van der Waals surface area (Å²) in [5.41, 5.74) is 1.53. The summed E-state index contributed by atoms with van der Waals surface area (Å²) < 4.78 is 2.63. The van der Waals surface area contributed by atoms with Gasteiger partial charge in [-0.05, 0) is 35.7 Å². The Balaban J connectivity index is 3.18. The van der Waals surface area contributed by atoms with E-state index >= 15 is 0 Å². The summed E-state index contributed by atoms with van der Waals surface area (Å²) in [6.07, 6.45) is 0. The molecule has 0 saturated carbocycles. The van der Waals surface area contributed by atoms with E-state index < -0.39 is 0 Å². The molecular formula is C10H14Br2N2O. The molecule has 1 unspecified atom stereocenters. The van der Waals surface area contributed by atoms with Crippen molar-refractivity contribution in [1.82, 2.24) is 9.55 Å². The zero-order valence-corrected chi connectivity index (χ0v) is 12.2. The molecule has 0 bridgehead atoms. The van der Waals surface area contributed by atoms with Crippen molar-refractivity contribution in [2.24, 2.45) is 5.92 Å². The van der Waals surface area contributed by atoms with Gasteiger partial charge in [0, 0.05) is 17.6 Å². The fraction of sp³-hybridized carbons (Fsp3) is 0.600. The van der Waals surface area contributed by atoms with E-state index in [1.54, 1.807) is 4.57 Å². The summed E-state index contributed by atoms with van der Waals surface area (Å²) in [7, 11) is 0. The second kappa shape index (κ2) is 5.25. The van der Waals surface area contributed by atoms with E-state index in [1.807, 2.05) is 13.8 Å². The molecule has 0 spiro atoms. The summed E-state index contributed by atoms with van der Waals surface area (Å²) in [4.78, 5) is 15.6. The molecule has 0 N–H and O–H groups in total. The van der Waals surface area contributed by atoms with Crippen LogP contribution < -0.4 is 5.69 Å². The Bertz CT molecular complexity index is 415. The van der Waals surface area contributed by atoms with E-state index in [1.165, 1.54) is 0 Å².